The van der Waals surface area contributed by atoms with Crippen molar-refractivity contribution < 1.29 is 13.2 Å². The summed E-state index contributed by atoms with van der Waals surface area (Å²) in [5.74, 6) is 0.562. The van der Waals surface area contributed by atoms with Crippen molar-refractivity contribution in [3.05, 3.63) is 0 Å². The number of hydrogen-bond donors (Lipinski definition) is 1. The van der Waals surface area contributed by atoms with Crippen LogP contribution < -0.4 is 5.32 Å². The number of hydrogen-bond acceptors (Lipinski definition) is 3. The van der Waals surface area contributed by atoms with Crippen molar-refractivity contribution >= 4 is 15.9 Å². The van der Waals surface area contributed by atoms with Crippen LogP contribution in [0.3, 0.4) is 0 Å². The fourth-order valence-electron chi connectivity index (χ4n) is 3.54. The number of carbonyl (C=O) groups is 1. The van der Waals surface area contributed by atoms with E-state index in [0.717, 1.165) is 12.3 Å². The summed E-state index contributed by atoms with van der Waals surface area (Å²) in [6.07, 6.45) is 4.68. The number of rotatable bonds is 6. The van der Waals surface area contributed by atoms with Crippen LogP contribution in [0.2, 0.25) is 0 Å². The van der Waals surface area contributed by atoms with Crippen molar-refractivity contribution in [3.63, 3.8) is 0 Å². The largest absolute Gasteiger partial charge is 0.352 e. The van der Waals surface area contributed by atoms with Crippen molar-refractivity contribution in [1.29, 1.82) is 0 Å². The smallest absolute Gasteiger partial charge is 0.236 e. The third-order valence-electron chi connectivity index (χ3n) is 4.50. The third-order valence-corrected chi connectivity index (χ3v) is 6.43. The summed E-state index contributed by atoms with van der Waals surface area (Å²) in [5.41, 5.74) is 0. The molecule has 110 valence electrons. The first-order valence-electron chi connectivity index (χ1n) is 7.23. The van der Waals surface area contributed by atoms with E-state index in [4.69, 9.17) is 0 Å². The minimum atomic E-state index is -3.46. The number of fused-ring (bicyclic) bond motifs is 2. The maximum absolute atomic E-state index is 12.0. The van der Waals surface area contributed by atoms with Gasteiger partial charge in [-0.05, 0) is 31.1 Å². The van der Waals surface area contributed by atoms with Crippen molar-refractivity contribution in [3.8, 4) is 0 Å². The lowest BCUT2D eigenvalue weighted by molar-refractivity contribution is -0.119. The standard InChI is InChI=1S/C13H24N2O3S/c1-3-15(4-2)19(17,18)9-13(16)14-12-8-10-5-6-11(12)7-10/h10-12H,3-9H2,1-2H3,(H,14,16). The van der Waals surface area contributed by atoms with Crippen LogP contribution in [0.5, 0.6) is 0 Å². The zero-order valence-electron chi connectivity index (χ0n) is 11.8. The van der Waals surface area contributed by atoms with Crippen molar-refractivity contribution in [1.82, 2.24) is 9.62 Å². The Morgan fingerprint density at radius 2 is 1.89 bits per heavy atom. The van der Waals surface area contributed by atoms with Gasteiger partial charge in [-0.3, -0.25) is 4.79 Å². The molecular weight excluding hydrogens is 264 g/mol. The average molecular weight is 288 g/mol. The number of sulfonamides is 1. The second-order valence-corrected chi connectivity index (χ2v) is 7.66. The molecule has 0 aliphatic heterocycles. The summed E-state index contributed by atoms with van der Waals surface area (Å²) in [6.45, 7) is 4.41. The van der Waals surface area contributed by atoms with Gasteiger partial charge in [-0.15, -0.1) is 0 Å². The lowest BCUT2D eigenvalue weighted by atomic mass is 9.95. The van der Waals surface area contributed by atoms with Crippen LogP contribution >= 0.6 is 0 Å². The normalized spacial score (nSPS) is 29.9. The van der Waals surface area contributed by atoms with E-state index in [-0.39, 0.29) is 11.9 Å². The summed E-state index contributed by atoms with van der Waals surface area (Å²) >= 11 is 0. The molecule has 3 unspecified atom stereocenters. The molecule has 0 aromatic carbocycles. The number of nitrogens with zero attached hydrogens (tertiary/aromatic N) is 1. The number of carbonyl (C=O) groups excluding carboxylic acids is 1. The Bertz CT molecular complexity index is 431. The molecule has 2 bridgehead atoms. The van der Waals surface area contributed by atoms with Crippen LogP contribution in [0.1, 0.15) is 39.5 Å². The Morgan fingerprint density at radius 1 is 1.21 bits per heavy atom. The molecule has 0 aromatic heterocycles. The molecule has 1 amide bonds. The highest BCUT2D eigenvalue weighted by atomic mass is 32.2. The van der Waals surface area contributed by atoms with E-state index < -0.39 is 15.8 Å². The van der Waals surface area contributed by atoms with E-state index in [2.05, 4.69) is 5.32 Å². The highest BCUT2D eigenvalue weighted by Gasteiger charge is 2.40. The van der Waals surface area contributed by atoms with Gasteiger partial charge in [0, 0.05) is 19.1 Å². The molecule has 3 atom stereocenters. The highest BCUT2D eigenvalue weighted by molar-refractivity contribution is 7.89. The van der Waals surface area contributed by atoms with Crippen LogP contribution in [0.25, 0.3) is 0 Å². The minimum absolute atomic E-state index is 0.207. The Kier molecular flexibility index (Phi) is 4.50. The van der Waals surface area contributed by atoms with E-state index in [9.17, 15) is 13.2 Å². The molecular formula is C13H24N2O3S. The van der Waals surface area contributed by atoms with Gasteiger partial charge in [-0.25, -0.2) is 12.7 Å². The minimum Gasteiger partial charge on any atom is -0.352 e. The molecule has 2 saturated carbocycles. The van der Waals surface area contributed by atoms with Crippen molar-refractivity contribution in [2.45, 2.75) is 45.6 Å². The van der Waals surface area contributed by atoms with Crippen LogP contribution in [-0.4, -0.2) is 43.5 Å². The van der Waals surface area contributed by atoms with Crippen molar-refractivity contribution in [2.75, 3.05) is 18.8 Å². The zero-order valence-corrected chi connectivity index (χ0v) is 12.6. The first-order chi connectivity index (χ1) is 8.96. The SMILES string of the molecule is CCN(CC)S(=O)(=O)CC(=O)NC1CC2CCC1C2. The van der Waals surface area contributed by atoms with Gasteiger partial charge in [-0.2, -0.15) is 0 Å². The zero-order chi connectivity index (χ0) is 14.0. The van der Waals surface area contributed by atoms with Gasteiger partial charge in [-0.1, -0.05) is 20.3 Å². The maximum atomic E-state index is 12.0. The molecule has 0 saturated heterocycles. The van der Waals surface area contributed by atoms with Crippen LogP contribution in [0.15, 0.2) is 0 Å². The highest BCUT2D eigenvalue weighted by Crippen LogP contribution is 2.44. The summed E-state index contributed by atoms with van der Waals surface area (Å²) in [7, 11) is -3.46. The van der Waals surface area contributed by atoms with E-state index in [0.29, 0.717) is 19.0 Å². The van der Waals surface area contributed by atoms with Gasteiger partial charge in [0.15, 0.2) is 0 Å². The topological polar surface area (TPSA) is 66.5 Å². The molecule has 2 rings (SSSR count). The molecule has 2 fully saturated rings. The second-order valence-electron chi connectivity index (χ2n) is 5.69. The molecule has 2 aliphatic rings. The maximum Gasteiger partial charge on any atom is 0.236 e. The van der Waals surface area contributed by atoms with Crippen LogP contribution in [0.4, 0.5) is 0 Å². The Hall–Kier alpha value is -0.620. The fraction of sp³-hybridized carbons (Fsp3) is 0.923. The fourth-order valence-corrected chi connectivity index (χ4v) is 4.93. The molecule has 0 radical (unpaired) electrons. The predicted octanol–water partition coefficient (Wildman–Crippen LogP) is 0.963. The first-order valence-corrected chi connectivity index (χ1v) is 8.84. The van der Waals surface area contributed by atoms with Gasteiger partial charge in [0.25, 0.3) is 0 Å². The van der Waals surface area contributed by atoms with E-state index in [1.54, 1.807) is 13.8 Å². The molecule has 0 heterocycles. The lowest BCUT2D eigenvalue weighted by Crippen LogP contribution is -2.44. The van der Waals surface area contributed by atoms with Gasteiger partial charge >= 0.3 is 0 Å². The van der Waals surface area contributed by atoms with E-state index in [1.165, 1.54) is 23.6 Å². The average Bonchev–Trinajstić information content (AvgIpc) is 2.90. The van der Waals surface area contributed by atoms with Gasteiger partial charge < -0.3 is 5.32 Å². The summed E-state index contributed by atoms with van der Waals surface area (Å²) in [5, 5.41) is 2.92. The van der Waals surface area contributed by atoms with Gasteiger partial charge in [0.05, 0.1) is 0 Å². The monoisotopic (exact) mass is 288 g/mol. The lowest BCUT2D eigenvalue weighted by Gasteiger charge is -2.24. The van der Waals surface area contributed by atoms with E-state index in [1.807, 2.05) is 0 Å². The summed E-state index contributed by atoms with van der Waals surface area (Å²) in [4.78, 5) is 11.9. The van der Waals surface area contributed by atoms with E-state index >= 15 is 0 Å². The summed E-state index contributed by atoms with van der Waals surface area (Å²) < 4.78 is 25.3. The quantitative estimate of drug-likeness (QED) is 0.792. The van der Waals surface area contributed by atoms with Crippen LogP contribution in [0, 0.1) is 11.8 Å². The number of nitrogens with one attached hydrogen (secondary N) is 1. The Morgan fingerprint density at radius 3 is 2.37 bits per heavy atom. The molecule has 2 aliphatic carbocycles. The summed E-state index contributed by atoms with van der Waals surface area (Å²) in [6, 6.07) is 0.207. The molecule has 5 nitrogen and oxygen atoms in total. The molecule has 19 heavy (non-hydrogen) atoms. The number of amides is 1. The van der Waals surface area contributed by atoms with Crippen molar-refractivity contribution in [2.24, 2.45) is 11.8 Å². The molecule has 6 heteroatoms. The molecule has 0 aromatic rings. The first kappa shape index (κ1) is 14.8. The Labute approximate surface area is 115 Å². The Balaban J connectivity index is 1.87. The third kappa shape index (κ3) is 3.28. The predicted molar refractivity (Wildman–Crippen MR) is 74.1 cm³/mol. The van der Waals surface area contributed by atoms with Gasteiger partial charge in [0.2, 0.25) is 15.9 Å². The second kappa shape index (κ2) is 5.79. The van der Waals surface area contributed by atoms with Gasteiger partial charge in [0.1, 0.15) is 5.75 Å². The van der Waals surface area contributed by atoms with Crippen LogP contribution in [-0.2, 0) is 14.8 Å². The molecule has 1 N–H and O–H groups in total. The molecule has 0 spiro atoms.